The molecule has 20 heavy (non-hydrogen) atoms. The van der Waals surface area contributed by atoms with Gasteiger partial charge in [0.05, 0.1) is 0 Å². The molecule has 0 aliphatic rings. The SMILES string of the molecule is CCC(C)(C)c1ccc(OS(=O)(=O)C(F)(F)F)cc1C. The normalized spacial score (nSPS) is 13.3. The van der Waals surface area contributed by atoms with E-state index in [0.29, 0.717) is 5.56 Å². The van der Waals surface area contributed by atoms with Crippen LogP contribution in [0.1, 0.15) is 38.3 Å². The smallest absolute Gasteiger partial charge is 0.376 e. The quantitative estimate of drug-likeness (QED) is 0.625. The summed E-state index contributed by atoms with van der Waals surface area (Å²) in [5.74, 6) is -0.338. The third kappa shape index (κ3) is 3.45. The minimum atomic E-state index is -5.62. The molecule has 7 heteroatoms. The van der Waals surface area contributed by atoms with Gasteiger partial charge in [0, 0.05) is 0 Å². The number of alkyl halides is 3. The molecule has 1 aromatic rings. The van der Waals surface area contributed by atoms with E-state index in [9.17, 15) is 21.6 Å². The number of aryl methyl sites for hydroxylation is 1. The van der Waals surface area contributed by atoms with Gasteiger partial charge in [0.1, 0.15) is 5.75 Å². The largest absolute Gasteiger partial charge is 0.534 e. The highest BCUT2D eigenvalue weighted by Gasteiger charge is 2.48. The minimum absolute atomic E-state index is 0.147. The van der Waals surface area contributed by atoms with Crippen LogP contribution in [0.25, 0.3) is 0 Å². The Morgan fingerprint density at radius 2 is 1.75 bits per heavy atom. The van der Waals surface area contributed by atoms with Gasteiger partial charge >= 0.3 is 15.6 Å². The van der Waals surface area contributed by atoms with Crippen molar-refractivity contribution in [2.75, 3.05) is 0 Å². The first-order chi connectivity index (χ1) is 8.90. The molecule has 0 bridgehead atoms. The van der Waals surface area contributed by atoms with Gasteiger partial charge in [-0.2, -0.15) is 21.6 Å². The van der Waals surface area contributed by atoms with Crippen LogP contribution in [0, 0.1) is 6.92 Å². The molecule has 0 aliphatic carbocycles. The third-order valence-electron chi connectivity index (χ3n) is 3.30. The predicted molar refractivity (Wildman–Crippen MR) is 70.1 cm³/mol. The standard InChI is InChI=1S/C13H17F3O3S/c1-5-12(3,4)11-7-6-10(8-9(11)2)19-20(17,18)13(14,15)16/h6-8H,5H2,1-4H3. The Hall–Kier alpha value is -1.24. The molecule has 1 rings (SSSR count). The molecule has 0 fully saturated rings. The first-order valence-electron chi connectivity index (χ1n) is 6.02. The molecule has 0 atom stereocenters. The fourth-order valence-electron chi connectivity index (χ4n) is 1.81. The van der Waals surface area contributed by atoms with Crippen molar-refractivity contribution in [3.8, 4) is 5.75 Å². The summed E-state index contributed by atoms with van der Waals surface area (Å²) in [7, 11) is -5.62. The second-order valence-electron chi connectivity index (χ2n) is 5.20. The summed E-state index contributed by atoms with van der Waals surface area (Å²) in [6, 6.07) is 4.14. The van der Waals surface area contributed by atoms with Crippen LogP contribution in [0.5, 0.6) is 5.75 Å². The van der Waals surface area contributed by atoms with Crippen molar-refractivity contribution in [1.82, 2.24) is 0 Å². The Morgan fingerprint density at radius 1 is 1.20 bits per heavy atom. The van der Waals surface area contributed by atoms with Crippen molar-refractivity contribution in [2.24, 2.45) is 0 Å². The average Bonchev–Trinajstić information content (AvgIpc) is 2.26. The number of halogens is 3. The summed E-state index contributed by atoms with van der Waals surface area (Å²) in [4.78, 5) is 0. The summed E-state index contributed by atoms with van der Waals surface area (Å²) in [5, 5.41) is 0. The van der Waals surface area contributed by atoms with Crippen LogP contribution in [-0.2, 0) is 15.5 Å². The molecule has 0 saturated carbocycles. The Kier molecular flexibility index (Phi) is 4.43. The van der Waals surface area contributed by atoms with Gasteiger partial charge in [-0.25, -0.2) is 0 Å². The molecule has 0 aromatic heterocycles. The zero-order valence-electron chi connectivity index (χ0n) is 11.7. The van der Waals surface area contributed by atoms with E-state index in [0.717, 1.165) is 12.0 Å². The summed E-state index contributed by atoms with van der Waals surface area (Å²) in [6.45, 7) is 7.71. The van der Waals surface area contributed by atoms with Crippen LogP contribution in [0.4, 0.5) is 13.2 Å². The number of benzene rings is 1. The van der Waals surface area contributed by atoms with Crippen LogP contribution in [-0.4, -0.2) is 13.9 Å². The van der Waals surface area contributed by atoms with Crippen LogP contribution >= 0.6 is 0 Å². The van der Waals surface area contributed by atoms with Gasteiger partial charge in [-0.15, -0.1) is 0 Å². The monoisotopic (exact) mass is 310 g/mol. The summed E-state index contributed by atoms with van der Waals surface area (Å²) < 4.78 is 62.6. The van der Waals surface area contributed by atoms with E-state index in [-0.39, 0.29) is 11.2 Å². The van der Waals surface area contributed by atoms with E-state index in [1.165, 1.54) is 12.1 Å². The van der Waals surface area contributed by atoms with E-state index in [1.54, 1.807) is 13.0 Å². The van der Waals surface area contributed by atoms with Gasteiger partial charge in [0.15, 0.2) is 0 Å². The summed E-state index contributed by atoms with van der Waals surface area (Å²) in [5.41, 5.74) is -3.95. The van der Waals surface area contributed by atoms with E-state index in [1.807, 2.05) is 20.8 Å². The lowest BCUT2D eigenvalue weighted by atomic mass is 9.80. The molecule has 3 nitrogen and oxygen atoms in total. The Morgan fingerprint density at radius 3 is 2.15 bits per heavy atom. The lowest BCUT2D eigenvalue weighted by Crippen LogP contribution is -2.28. The van der Waals surface area contributed by atoms with Gasteiger partial charge < -0.3 is 4.18 Å². The summed E-state index contributed by atoms with van der Waals surface area (Å²) >= 11 is 0. The Labute approximate surface area is 116 Å². The van der Waals surface area contributed by atoms with E-state index in [2.05, 4.69) is 4.18 Å². The zero-order chi connectivity index (χ0) is 15.8. The fraction of sp³-hybridized carbons (Fsp3) is 0.538. The number of hydrogen-bond donors (Lipinski definition) is 0. The van der Waals surface area contributed by atoms with Crippen LogP contribution < -0.4 is 4.18 Å². The number of rotatable bonds is 4. The van der Waals surface area contributed by atoms with Crippen LogP contribution in [0.2, 0.25) is 0 Å². The van der Waals surface area contributed by atoms with Crippen molar-refractivity contribution in [1.29, 1.82) is 0 Å². The Bertz CT molecular complexity index is 589. The highest BCUT2D eigenvalue weighted by Crippen LogP contribution is 2.33. The topological polar surface area (TPSA) is 43.4 Å². The number of hydrogen-bond acceptors (Lipinski definition) is 3. The molecule has 0 aliphatic heterocycles. The molecule has 0 radical (unpaired) electrons. The van der Waals surface area contributed by atoms with E-state index >= 15 is 0 Å². The van der Waals surface area contributed by atoms with Crippen LogP contribution in [0.3, 0.4) is 0 Å². The maximum atomic E-state index is 12.2. The van der Waals surface area contributed by atoms with Gasteiger partial charge in [-0.05, 0) is 42.0 Å². The average molecular weight is 310 g/mol. The lowest BCUT2D eigenvalue weighted by Gasteiger charge is -2.25. The van der Waals surface area contributed by atoms with Gasteiger partial charge in [0.25, 0.3) is 0 Å². The van der Waals surface area contributed by atoms with E-state index in [4.69, 9.17) is 0 Å². The molecule has 0 spiro atoms. The van der Waals surface area contributed by atoms with Crippen LogP contribution in [0.15, 0.2) is 18.2 Å². The van der Waals surface area contributed by atoms with Crippen molar-refractivity contribution in [2.45, 2.75) is 45.0 Å². The first kappa shape index (κ1) is 16.8. The lowest BCUT2D eigenvalue weighted by molar-refractivity contribution is -0.0500. The highest BCUT2D eigenvalue weighted by molar-refractivity contribution is 7.87. The molecule has 0 heterocycles. The molecule has 0 unspecified atom stereocenters. The second kappa shape index (κ2) is 5.27. The van der Waals surface area contributed by atoms with Crippen molar-refractivity contribution in [3.63, 3.8) is 0 Å². The van der Waals surface area contributed by atoms with Gasteiger partial charge in [-0.1, -0.05) is 26.8 Å². The second-order valence-corrected chi connectivity index (χ2v) is 6.74. The minimum Gasteiger partial charge on any atom is -0.376 e. The van der Waals surface area contributed by atoms with Gasteiger partial charge in [-0.3, -0.25) is 0 Å². The maximum Gasteiger partial charge on any atom is 0.534 e. The summed E-state index contributed by atoms with van der Waals surface area (Å²) in [6.07, 6.45) is 0.842. The first-order valence-corrected chi connectivity index (χ1v) is 7.43. The highest BCUT2D eigenvalue weighted by atomic mass is 32.2. The molecular weight excluding hydrogens is 293 g/mol. The van der Waals surface area contributed by atoms with Crippen molar-refractivity contribution < 1.29 is 25.8 Å². The van der Waals surface area contributed by atoms with Crippen molar-refractivity contribution in [3.05, 3.63) is 29.3 Å². The fourth-order valence-corrected chi connectivity index (χ4v) is 2.26. The molecule has 1 aromatic carbocycles. The zero-order valence-corrected chi connectivity index (χ0v) is 12.5. The molecule has 114 valence electrons. The predicted octanol–water partition coefficient (Wildman–Crippen LogP) is 3.91. The van der Waals surface area contributed by atoms with E-state index < -0.39 is 15.6 Å². The molecule has 0 N–H and O–H groups in total. The molecular formula is C13H17F3O3S. The Balaban J connectivity index is 3.13. The third-order valence-corrected chi connectivity index (χ3v) is 4.28. The maximum absolute atomic E-state index is 12.2. The van der Waals surface area contributed by atoms with Crippen molar-refractivity contribution >= 4 is 10.1 Å². The molecule has 0 amide bonds. The van der Waals surface area contributed by atoms with Gasteiger partial charge in [0.2, 0.25) is 0 Å². The molecule has 0 saturated heterocycles.